The minimum Gasteiger partial charge on any atom is -0.494 e. The van der Waals surface area contributed by atoms with Crippen molar-refractivity contribution in [3.05, 3.63) is 24.3 Å². The molecule has 1 aromatic rings. The fraction of sp³-hybridized carbons (Fsp3) is 0.700. The van der Waals surface area contributed by atoms with E-state index in [1.807, 2.05) is 26.0 Å². The number of benzene rings is 1. The van der Waals surface area contributed by atoms with Gasteiger partial charge in [-0.3, -0.25) is 0 Å². The van der Waals surface area contributed by atoms with Crippen LogP contribution in [-0.2, 0) is 10.0 Å². The van der Waals surface area contributed by atoms with E-state index < -0.39 is 10.0 Å². The van der Waals surface area contributed by atoms with Crippen molar-refractivity contribution < 1.29 is 13.2 Å². The van der Waals surface area contributed by atoms with Crippen molar-refractivity contribution in [1.29, 1.82) is 0 Å². The van der Waals surface area contributed by atoms with Crippen LogP contribution in [0.5, 0.6) is 5.75 Å². The Morgan fingerprint density at radius 3 is 2.42 bits per heavy atom. The smallest absolute Gasteiger partial charge is 0.214 e. The second kappa shape index (κ2) is 7.39. The third-order valence-electron chi connectivity index (χ3n) is 5.72. The van der Waals surface area contributed by atoms with Crippen molar-refractivity contribution >= 4 is 15.7 Å². The summed E-state index contributed by atoms with van der Waals surface area (Å²) < 4.78 is 32.8. The van der Waals surface area contributed by atoms with Gasteiger partial charge in [0.1, 0.15) is 5.75 Å². The maximum Gasteiger partial charge on any atom is 0.214 e. The number of anilines is 1. The van der Waals surface area contributed by atoms with E-state index in [0.717, 1.165) is 24.4 Å². The zero-order valence-electron chi connectivity index (χ0n) is 16.4. The second-order valence-corrected chi connectivity index (χ2v) is 10.4. The fourth-order valence-electron chi connectivity index (χ4n) is 4.60. The van der Waals surface area contributed by atoms with Crippen molar-refractivity contribution in [2.45, 2.75) is 46.6 Å². The highest BCUT2D eigenvalue weighted by Crippen LogP contribution is 2.44. The van der Waals surface area contributed by atoms with E-state index in [0.29, 0.717) is 32.0 Å². The third-order valence-corrected chi connectivity index (χ3v) is 7.73. The van der Waals surface area contributed by atoms with E-state index in [9.17, 15) is 8.42 Å². The summed E-state index contributed by atoms with van der Waals surface area (Å²) in [6, 6.07) is 8.41. The molecule has 1 aromatic carbocycles. The van der Waals surface area contributed by atoms with Gasteiger partial charge in [0, 0.05) is 31.4 Å². The van der Waals surface area contributed by atoms with Crippen molar-refractivity contribution in [3.63, 3.8) is 0 Å². The monoisotopic (exact) mass is 380 g/mol. The van der Waals surface area contributed by atoms with Gasteiger partial charge in [0.15, 0.2) is 0 Å². The Hall–Kier alpha value is -1.27. The van der Waals surface area contributed by atoms with Gasteiger partial charge in [-0.25, -0.2) is 8.42 Å². The average molecular weight is 381 g/mol. The predicted molar refractivity (Wildman–Crippen MR) is 106 cm³/mol. The lowest BCUT2D eigenvalue weighted by Gasteiger charge is -2.48. The van der Waals surface area contributed by atoms with Crippen LogP contribution in [0.25, 0.3) is 0 Å². The zero-order valence-corrected chi connectivity index (χ0v) is 17.3. The van der Waals surface area contributed by atoms with E-state index in [1.54, 1.807) is 4.31 Å². The number of nitrogens with zero attached hydrogens (tertiary/aromatic N) is 2. The molecule has 5 nitrogen and oxygen atoms in total. The molecule has 0 N–H and O–H groups in total. The lowest BCUT2D eigenvalue weighted by atomic mass is 9.73. The lowest BCUT2D eigenvalue weighted by molar-refractivity contribution is 0.192. The van der Waals surface area contributed by atoms with Gasteiger partial charge in [-0.05, 0) is 55.4 Å². The summed E-state index contributed by atoms with van der Waals surface area (Å²) in [7, 11) is -3.17. The summed E-state index contributed by atoms with van der Waals surface area (Å²) >= 11 is 0. The van der Waals surface area contributed by atoms with Gasteiger partial charge in [-0.2, -0.15) is 4.31 Å². The highest BCUT2D eigenvalue weighted by atomic mass is 32.2. The first kappa shape index (κ1) is 19.5. The molecule has 26 heavy (non-hydrogen) atoms. The Labute approximate surface area is 158 Å². The summed E-state index contributed by atoms with van der Waals surface area (Å²) in [5.74, 6) is 1.49. The maximum atomic E-state index is 12.7. The molecular weight excluding hydrogens is 348 g/mol. The Balaban J connectivity index is 1.89. The van der Waals surface area contributed by atoms with Crippen molar-refractivity contribution in [2.24, 2.45) is 11.3 Å². The number of hydrogen-bond donors (Lipinski definition) is 0. The Kier molecular flexibility index (Phi) is 5.54. The van der Waals surface area contributed by atoms with Crippen LogP contribution < -0.4 is 9.64 Å². The summed E-state index contributed by atoms with van der Waals surface area (Å²) in [5, 5.41) is 0. The van der Waals surface area contributed by atoms with Gasteiger partial charge in [0.25, 0.3) is 0 Å². The highest BCUT2D eigenvalue weighted by molar-refractivity contribution is 7.89. The average Bonchev–Trinajstić information content (AvgIpc) is 2.83. The largest absolute Gasteiger partial charge is 0.494 e. The quantitative estimate of drug-likeness (QED) is 0.759. The number of ether oxygens (including phenoxy) is 1. The van der Waals surface area contributed by atoms with Crippen LogP contribution in [0.2, 0.25) is 0 Å². The molecule has 3 fully saturated rings. The van der Waals surface area contributed by atoms with Gasteiger partial charge < -0.3 is 9.64 Å². The SMILES string of the molecule is CCCS(=O)(=O)N1CC2N(c3ccc(OCC)cc3)C[C@@H](C1)CC2(C)C. The molecule has 2 bridgehead atoms. The lowest BCUT2D eigenvalue weighted by Crippen LogP contribution is -2.54. The molecule has 0 saturated carbocycles. The van der Waals surface area contributed by atoms with Gasteiger partial charge in [-0.1, -0.05) is 20.8 Å². The molecule has 0 amide bonds. The Morgan fingerprint density at radius 2 is 1.81 bits per heavy atom. The van der Waals surface area contributed by atoms with Crippen molar-refractivity contribution in [3.8, 4) is 5.75 Å². The van der Waals surface area contributed by atoms with Crippen LogP contribution in [0, 0.1) is 11.3 Å². The summed E-state index contributed by atoms with van der Waals surface area (Å²) in [4.78, 5) is 2.42. The molecule has 0 aliphatic carbocycles. The molecule has 146 valence electrons. The van der Waals surface area contributed by atoms with Crippen molar-refractivity contribution in [1.82, 2.24) is 4.31 Å². The molecule has 3 saturated heterocycles. The first-order chi connectivity index (χ1) is 12.3. The minimum atomic E-state index is -3.17. The number of sulfonamides is 1. The summed E-state index contributed by atoms with van der Waals surface area (Å²) in [6.07, 6.45) is 1.74. The molecule has 0 aromatic heterocycles. The standard InChI is InChI=1S/C20H32N2O3S/c1-5-11-26(23,24)21-13-16-12-20(3,4)19(15-21)22(14-16)17-7-9-18(10-8-17)25-6-2/h7-10,16,19H,5-6,11-15H2,1-4H3/t16-,19?/m1/s1. The molecule has 1 unspecified atom stereocenters. The van der Waals surface area contributed by atoms with Crippen LogP contribution >= 0.6 is 0 Å². The fourth-order valence-corrected chi connectivity index (χ4v) is 6.18. The molecule has 4 rings (SSSR count). The van der Waals surface area contributed by atoms with Gasteiger partial charge >= 0.3 is 0 Å². The summed E-state index contributed by atoms with van der Waals surface area (Å²) in [5.41, 5.74) is 1.24. The highest BCUT2D eigenvalue weighted by Gasteiger charge is 2.47. The van der Waals surface area contributed by atoms with E-state index in [2.05, 4.69) is 30.9 Å². The molecule has 3 aliphatic heterocycles. The molecule has 3 heterocycles. The zero-order chi connectivity index (χ0) is 18.9. The molecular formula is C20H32N2O3S. The topological polar surface area (TPSA) is 49.9 Å². The Bertz CT molecular complexity index is 715. The van der Waals surface area contributed by atoms with Crippen LogP contribution in [0.3, 0.4) is 0 Å². The number of fused-ring (bicyclic) bond motifs is 4. The third kappa shape index (κ3) is 3.86. The van der Waals surface area contributed by atoms with Gasteiger partial charge in [0.2, 0.25) is 10.0 Å². The van der Waals surface area contributed by atoms with E-state index in [-0.39, 0.29) is 17.2 Å². The van der Waals surface area contributed by atoms with Gasteiger partial charge in [0.05, 0.1) is 12.4 Å². The first-order valence-electron chi connectivity index (χ1n) is 9.74. The molecule has 0 spiro atoms. The van der Waals surface area contributed by atoms with E-state index in [4.69, 9.17) is 4.74 Å². The van der Waals surface area contributed by atoms with Crippen LogP contribution in [0.4, 0.5) is 5.69 Å². The minimum absolute atomic E-state index is 0.0813. The summed E-state index contributed by atoms with van der Waals surface area (Å²) in [6.45, 7) is 11.3. The van der Waals surface area contributed by atoms with Gasteiger partial charge in [-0.15, -0.1) is 0 Å². The molecule has 2 atom stereocenters. The predicted octanol–water partition coefficient (Wildman–Crippen LogP) is 3.36. The molecule has 3 aliphatic rings. The maximum absolute atomic E-state index is 12.7. The number of piperidine rings is 1. The Morgan fingerprint density at radius 1 is 1.12 bits per heavy atom. The van der Waals surface area contributed by atoms with E-state index >= 15 is 0 Å². The van der Waals surface area contributed by atoms with Crippen LogP contribution in [0.1, 0.15) is 40.5 Å². The molecule has 0 radical (unpaired) electrons. The normalized spacial score (nSPS) is 25.9. The number of rotatable bonds is 6. The van der Waals surface area contributed by atoms with Crippen LogP contribution in [-0.4, -0.2) is 50.8 Å². The first-order valence-corrected chi connectivity index (χ1v) is 11.3. The number of hydrogen-bond acceptors (Lipinski definition) is 4. The molecule has 6 heteroatoms. The van der Waals surface area contributed by atoms with Crippen molar-refractivity contribution in [2.75, 3.05) is 36.9 Å². The second-order valence-electron chi connectivity index (χ2n) is 8.29. The van der Waals surface area contributed by atoms with E-state index in [1.165, 1.54) is 0 Å². The van der Waals surface area contributed by atoms with Crippen LogP contribution in [0.15, 0.2) is 24.3 Å².